The van der Waals surface area contributed by atoms with Crippen molar-refractivity contribution in [1.82, 2.24) is 10.2 Å². The lowest BCUT2D eigenvalue weighted by atomic mass is 9.91. The highest BCUT2D eigenvalue weighted by Gasteiger charge is 2.33. The first kappa shape index (κ1) is 15.0. The van der Waals surface area contributed by atoms with E-state index in [2.05, 4.69) is 29.6 Å². The van der Waals surface area contributed by atoms with Gasteiger partial charge in [0.15, 0.2) is 0 Å². The first-order valence-corrected chi connectivity index (χ1v) is 8.99. The van der Waals surface area contributed by atoms with Crippen molar-refractivity contribution < 1.29 is 9.53 Å². The number of ether oxygens (including phenoxy) is 1. The SMILES string of the molecule is O=C(NCc1ccc(C2CC2)cc1)N1CCC(C2CCOC2)C1. The quantitative estimate of drug-likeness (QED) is 0.927. The number of urea groups is 1. The molecule has 1 N–H and O–H groups in total. The van der Waals surface area contributed by atoms with E-state index in [9.17, 15) is 4.79 Å². The van der Waals surface area contributed by atoms with Crippen LogP contribution in [0.3, 0.4) is 0 Å². The van der Waals surface area contributed by atoms with Crippen molar-refractivity contribution in [3.8, 4) is 0 Å². The molecular weight excluding hydrogens is 288 g/mol. The minimum atomic E-state index is 0.0812. The van der Waals surface area contributed by atoms with Crippen molar-refractivity contribution >= 4 is 6.03 Å². The van der Waals surface area contributed by atoms with Gasteiger partial charge in [0.2, 0.25) is 0 Å². The molecule has 4 heteroatoms. The van der Waals surface area contributed by atoms with Crippen LogP contribution in [0.4, 0.5) is 4.79 Å². The molecule has 2 heterocycles. The fourth-order valence-electron chi connectivity index (χ4n) is 3.89. The normalized spacial score (nSPS) is 27.4. The predicted molar refractivity (Wildman–Crippen MR) is 89.3 cm³/mol. The molecule has 4 rings (SSSR count). The Bertz CT molecular complexity index is 547. The number of carbonyl (C=O) groups excluding carboxylic acids is 1. The van der Waals surface area contributed by atoms with E-state index in [-0.39, 0.29) is 6.03 Å². The third kappa shape index (κ3) is 3.52. The molecule has 2 atom stereocenters. The highest BCUT2D eigenvalue weighted by molar-refractivity contribution is 5.74. The first-order chi connectivity index (χ1) is 11.3. The molecule has 3 fully saturated rings. The van der Waals surface area contributed by atoms with E-state index < -0.39 is 0 Å². The standard InChI is InChI=1S/C19H26N2O2/c22-19(21-9-7-17(12-21)18-8-10-23-13-18)20-11-14-1-3-15(4-2-14)16-5-6-16/h1-4,16-18H,5-13H2,(H,20,22). The second kappa shape index (κ2) is 6.52. The number of nitrogens with one attached hydrogen (secondary N) is 1. The zero-order chi connectivity index (χ0) is 15.6. The predicted octanol–water partition coefficient (Wildman–Crippen LogP) is 3.13. The molecule has 2 aliphatic heterocycles. The lowest BCUT2D eigenvalue weighted by Gasteiger charge is -2.19. The van der Waals surface area contributed by atoms with Crippen molar-refractivity contribution in [1.29, 1.82) is 0 Å². The van der Waals surface area contributed by atoms with Crippen LogP contribution in [0.15, 0.2) is 24.3 Å². The lowest BCUT2D eigenvalue weighted by molar-refractivity contribution is 0.170. The van der Waals surface area contributed by atoms with Gasteiger partial charge in [-0.2, -0.15) is 0 Å². The van der Waals surface area contributed by atoms with E-state index in [1.165, 1.54) is 24.0 Å². The number of carbonyl (C=O) groups is 1. The van der Waals surface area contributed by atoms with Crippen molar-refractivity contribution in [2.75, 3.05) is 26.3 Å². The van der Waals surface area contributed by atoms with Gasteiger partial charge in [-0.3, -0.25) is 0 Å². The van der Waals surface area contributed by atoms with Gasteiger partial charge in [-0.15, -0.1) is 0 Å². The molecule has 0 radical (unpaired) electrons. The topological polar surface area (TPSA) is 41.6 Å². The minimum absolute atomic E-state index is 0.0812. The molecule has 4 nitrogen and oxygen atoms in total. The second-order valence-corrected chi connectivity index (χ2v) is 7.29. The van der Waals surface area contributed by atoms with E-state index in [4.69, 9.17) is 4.74 Å². The Balaban J connectivity index is 1.25. The first-order valence-electron chi connectivity index (χ1n) is 8.99. The molecule has 1 aliphatic carbocycles. The maximum absolute atomic E-state index is 12.3. The van der Waals surface area contributed by atoms with Gasteiger partial charge < -0.3 is 15.0 Å². The molecule has 2 saturated heterocycles. The second-order valence-electron chi connectivity index (χ2n) is 7.29. The van der Waals surface area contributed by atoms with Crippen LogP contribution >= 0.6 is 0 Å². The summed E-state index contributed by atoms with van der Waals surface area (Å²) in [4.78, 5) is 14.3. The number of rotatable bonds is 4. The molecule has 1 aromatic rings. The van der Waals surface area contributed by atoms with Gasteiger partial charge >= 0.3 is 6.03 Å². The molecular formula is C19H26N2O2. The molecule has 124 valence electrons. The van der Waals surface area contributed by atoms with Gasteiger partial charge in [-0.25, -0.2) is 4.79 Å². The minimum Gasteiger partial charge on any atom is -0.381 e. The molecule has 2 amide bonds. The monoisotopic (exact) mass is 314 g/mol. The number of hydrogen-bond acceptors (Lipinski definition) is 2. The van der Waals surface area contributed by atoms with Crippen LogP contribution in [0.5, 0.6) is 0 Å². The molecule has 3 aliphatic rings. The average Bonchev–Trinajstić information content (AvgIpc) is 3.08. The van der Waals surface area contributed by atoms with E-state index in [1.807, 2.05) is 4.90 Å². The number of nitrogens with zero attached hydrogens (tertiary/aromatic N) is 1. The van der Waals surface area contributed by atoms with Crippen LogP contribution in [0.1, 0.15) is 42.7 Å². The van der Waals surface area contributed by atoms with E-state index >= 15 is 0 Å². The Hall–Kier alpha value is -1.55. The molecule has 0 aromatic heterocycles. The Morgan fingerprint density at radius 2 is 1.96 bits per heavy atom. The molecule has 1 saturated carbocycles. The highest BCUT2D eigenvalue weighted by atomic mass is 16.5. The van der Waals surface area contributed by atoms with Crippen LogP contribution in [0.25, 0.3) is 0 Å². The van der Waals surface area contributed by atoms with Crippen molar-refractivity contribution in [3.05, 3.63) is 35.4 Å². The van der Waals surface area contributed by atoms with Gasteiger partial charge in [-0.1, -0.05) is 24.3 Å². The smallest absolute Gasteiger partial charge is 0.317 e. The summed E-state index contributed by atoms with van der Waals surface area (Å²) in [6.07, 6.45) is 4.95. The summed E-state index contributed by atoms with van der Waals surface area (Å²) in [7, 11) is 0. The van der Waals surface area contributed by atoms with Crippen LogP contribution in [-0.2, 0) is 11.3 Å². The summed E-state index contributed by atoms with van der Waals surface area (Å²) in [5.74, 6) is 2.07. The largest absolute Gasteiger partial charge is 0.381 e. The van der Waals surface area contributed by atoms with Crippen LogP contribution in [0.2, 0.25) is 0 Å². The number of amides is 2. The third-order valence-electron chi connectivity index (χ3n) is 5.62. The van der Waals surface area contributed by atoms with E-state index in [0.717, 1.165) is 45.1 Å². The lowest BCUT2D eigenvalue weighted by Crippen LogP contribution is -2.38. The summed E-state index contributed by atoms with van der Waals surface area (Å²) in [6.45, 7) is 4.17. The molecule has 0 bridgehead atoms. The zero-order valence-electron chi connectivity index (χ0n) is 13.7. The molecule has 23 heavy (non-hydrogen) atoms. The van der Waals surface area contributed by atoms with Crippen molar-refractivity contribution in [3.63, 3.8) is 0 Å². The Morgan fingerprint density at radius 1 is 1.13 bits per heavy atom. The summed E-state index contributed by atoms with van der Waals surface area (Å²) in [6, 6.07) is 8.81. The number of likely N-dealkylation sites (tertiary alicyclic amines) is 1. The summed E-state index contributed by atoms with van der Waals surface area (Å²) in [5, 5.41) is 3.07. The Labute approximate surface area is 138 Å². The van der Waals surface area contributed by atoms with E-state index in [1.54, 1.807) is 0 Å². The molecule has 0 spiro atoms. The third-order valence-corrected chi connectivity index (χ3v) is 5.62. The number of benzene rings is 1. The van der Waals surface area contributed by atoms with Crippen LogP contribution in [0, 0.1) is 11.8 Å². The maximum Gasteiger partial charge on any atom is 0.317 e. The van der Waals surface area contributed by atoms with Crippen molar-refractivity contribution in [2.45, 2.75) is 38.1 Å². The average molecular weight is 314 g/mol. The van der Waals surface area contributed by atoms with Gasteiger partial charge in [0.25, 0.3) is 0 Å². The summed E-state index contributed by atoms with van der Waals surface area (Å²) >= 11 is 0. The van der Waals surface area contributed by atoms with Crippen LogP contribution in [-0.4, -0.2) is 37.2 Å². The Kier molecular flexibility index (Phi) is 4.25. The summed E-state index contributed by atoms with van der Waals surface area (Å²) < 4.78 is 5.48. The fraction of sp³-hybridized carbons (Fsp3) is 0.632. The van der Waals surface area contributed by atoms with Crippen molar-refractivity contribution in [2.24, 2.45) is 11.8 Å². The summed E-state index contributed by atoms with van der Waals surface area (Å²) in [5.41, 5.74) is 2.63. The van der Waals surface area contributed by atoms with Crippen LogP contribution < -0.4 is 5.32 Å². The molecule has 1 aromatic carbocycles. The zero-order valence-corrected chi connectivity index (χ0v) is 13.7. The van der Waals surface area contributed by atoms with Gasteiger partial charge in [-0.05, 0) is 54.6 Å². The fourth-order valence-corrected chi connectivity index (χ4v) is 3.89. The molecule has 2 unspecified atom stereocenters. The Morgan fingerprint density at radius 3 is 2.65 bits per heavy atom. The van der Waals surface area contributed by atoms with Gasteiger partial charge in [0.1, 0.15) is 0 Å². The maximum atomic E-state index is 12.3. The van der Waals surface area contributed by atoms with Gasteiger partial charge in [0, 0.05) is 32.8 Å². The van der Waals surface area contributed by atoms with E-state index in [0.29, 0.717) is 18.4 Å². The van der Waals surface area contributed by atoms with Gasteiger partial charge in [0.05, 0.1) is 0 Å². The number of hydrogen-bond donors (Lipinski definition) is 1. The highest BCUT2D eigenvalue weighted by Crippen LogP contribution is 2.39.